The van der Waals surface area contributed by atoms with Crippen molar-refractivity contribution in [1.29, 1.82) is 0 Å². The lowest BCUT2D eigenvalue weighted by atomic mass is 9.78. The van der Waals surface area contributed by atoms with E-state index in [-0.39, 0.29) is 11.7 Å². The molecule has 7 heteroatoms. The maximum absolute atomic E-state index is 12.1. The Balaban J connectivity index is 1.54. The minimum absolute atomic E-state index is 0.226. The van der Waals surface area contributed by atoms with Crippen molar-refractivity contribution in [2.75, 3.05) is 11.9 Å². The number of halogens is 3. The molecule has 0 radical (unpaired) electrons. The zero-order chi connectivity index (χ0) is 17.2. The summed E-state index contributed by atoms with van der Waals surface area (Å²) in [6.45, 7) is 0.575. The molecule has 0 spiro atoms. The van der Waals surface area contributed by atoms with Gasteiger partial charge in [-0.15, -0.1) is 13.2 Å². The summed E-state index contributed by atoms with van der Waals surface area (Å²) in [7, 11) is 0. The summed E-state index contributed by atoms with van der Waals surface area (Å²) in [6, 6.07) is 13.5. The van der Waals surface area contributed by atoms with Crippen molar-refractivity contribution in [1.82, 2.24) is 0 Å². The van der Waals surface area contributed by atoms with Crippen LogP contribution in [0.5, 0.6) is 5.75 Å². The lowest BCUT2D eigenvalue weighted by molar-refractivity contribution is -0.274. The van der Waals surface area contributed by atoms with Gasteiger partial charge in [0.1, 0.15) is 5.75 Å². The van der Waals surface area contributed by atoms with Gasteiger partial charge in [0, 0.05) is 18.2 Å². The summed E-state index contributed by atoms with van der Waals surface area (Å²) in [5, 5.41) is 2.85. The third-order valence-electron chi connectivity index (χ3n) is 3.80. The summed E-state index contributed by atoms with van der Waals surface area (Å²) in [6.07, 6.45) is -3.72. The molecule has 4 nitrogen and oxygen atoms in total. The van der Waals surface area contributed by atoms with Crippen LogP contribution in [0.25, 0.3) is 0 Å². The number of aliphatic imine (C=N–C) groups is 1. The minimum atomic E-state index is -4.70. The van der Waals surface area contributed by atoms with Crippen molar-refractivity contribution in [2.24, 2.45) is 10.7 Å². The van der Waals surface area contributed by atoms with E-state index in [0.29, 0.717) is 18.2 Å². The average molecular weight is 335 g/mol. The number of benzene rings is 2. The summed E-state index contributed by atoms with van der Waals surface area (Å²) in [4.78, 5) is 4.29. The third kappa shape index (κ3) is 3.98. The first-order valence-electron chi connectivity index (χ1n) is 7.41. The van der Waals surface area contributed by atoms with E-state index in [1.54, 1.807) is 0 Å². The van der Waals surface area contributed by atoms with E-state index in [2.05, 4.69) is 27.2 Å². The zero-order valence-electron chi connectivity index (χ0n) is 12.7. The van der Waals surface area contributed by atoms with Crippen LogP contribution in [0.3, 0.4) is 0 Å². The van der Waals surface area contributed by atoms with Crippen molar-refractivity contribution < 1.29 is 17.9 Å². The van der Waals surface area contributed by atoms with E-state index < -0.39 is 6.36 Å². The normalized spacial score (nSPS) is 17.0. The first-order chi connectivity index (χ1) is 11.4. The molecular formula is C17H16F3N3O. The van der Waals surface area contributed by atoms with Crippen LogP contribution in [0.1, 0.15) is 17.0 Å². The van der Waals surface area contributed by atoms with Gasteiger partial charge < -0.3 is 15.8 Å². The molecule has 0 fully saturated rings. The van der Waals surface area contributed by atoms with Crippen LogP contribution in [0, 0.1) is 0 Å². The Morgan fingerprint density at radius 2 is 1.88 bits per heavy atom. The summed E-state index contributed by atoms with van der Waals surface area (Å²) in [5.74, 6) is 0.308. The lowest BCUT2D eigenvalue weighted by Crippen LogP contribution is -2.26. The number of nitrogens with zero attached hydrogens (tertiary/aromatic N) is 1. The number of nitrogens with one attached hydrogen (secondary N) is 1. The van der Waals surface area contributed by atoms with Crippen molar-refractivity contribution in [3.8, 4) is 5.75 Å². The quantitative estimate of drug-likeness (QED) is 0.662. The first-order valence-corrected chi connectivity index (χ1v) is 7.41. The van der Waals surface area contributed by atoms with E-state index in [4.69, 9.17) is 5.73 Å². The van der Waals surface area contributed by atoms with Crippen LogP contribution in [0.2, 0.25) is 0 Å². The van der Waals surface area contributed by atoms with Gasteiger partial charge in [-0.25, -0.2) is 0 Å². The topological polar surface area (TPSA) is 59.6 Å². The van der Waals surface area contributed by atoms with Gasteiger partial charge in [0.15, 0.2) is 5.96 Å². The Morgan fingerprint density at radius 3 is 2.54 bits per heavy atom. The van der Waals surface area contributed by atoms with Gasteiger partial charge in [-0.05, 0) is 41.8 Å². The first kappa shape index (κ1) is 16.2. The molecule has 2 aromatic carbocycles. The summed E-state index contributed by atoms with van der Waals surface area (Å²) < 4.78 is 40.1. The molecule has 0 bridgehead atoms. The van der Waals surface area contributed by atoms with Crippen LogP contribution < -0.4 is 15.8 Å². The number of rotatable bonds is 4. The molecule has 3 N–H and O–H groups in total. The highest BCUT2D eigenvalue weighted by Gasteiger charge is 2.31. The molecule has 1 unspecified atom stereocenters. The van der Waals surface area contributed by atoms with Crippen LogP contribution in [0.15, 0.2) is 53.5 Å². The van der Waals surface area contributed by atoms with Crippen LogP contribution in [-0.2, 0) is 6.42 Å². The van der Waals surface area contributed by atoms with Gasteiger partial charge in [-0.2, -0.15) is 0 Å². The highest BCUT2D eigenvalue weighted by molar-refractivity contribution is 5.92. The van der Waals surface area contributed by atoms with Crippen LogP contribution in [-0.4, -0.2) is 18.9 Å². The molecule has 1 aliphatic carbocycles. The van der Waals surface area contributed by atoms with Gasteiger partial charge in [0.25, 0.3) is 0 Å². The second-order valence-corrected chi connectivity index (χ2v) is 5.52. The number of guanidine groups is 1. The Bertz CT molecular complexity index is 741. The second kappa shape index (κ2) is 6.43. The predicted molar refractivity (Wildman–Crippen MR) is 86.1 cm³/mol. The van der Waals surface area contributed by atoms with Gasteiger partial charge >= 0.3 is 6.36 Å². The monoisotopic (exact) mass is 335 g/mol. The maximum Gasteiger partial charge on any atom is 0.573 e. The van der Waals surface area contributed by atoms with Crippen molar-refractivity contribution in [3.63, 3.8) is 0 Å². The standard InChI is InChI=1S/C17H16F3N3O/c18-17(19,20)24-14-7-5-13(6-8-14)23-16(21)22-10-12-9-11-3-1-2-4-15(11)12/h1-8,12H,9-10H2,(H3,21,22,23). The zero-order valence-corrected chi connectivity index (χ0v) is 12.7. The van der Waals surface area contributed by atoms with E-state index in [1.165, 1.54) is 35.4 Å². The van der Waals surface area contributed by atoms with Crippen molar-refractivity contribution in [2.45, 2.75) is 18.7 Å². The van der Waals surface area contributed by atoms with E-state index >= 15 is 0 Å². The van der Waals surface area contributed by atoms with E-state index in [1.807, 2.05) is 12.1 Å². The van der Waals surface area contributed by atoms with E-state index in [0.717, 1.165) is 6.42 Å². The highest BCUT2D eigenvalue weighted by Crippen LogP contribution is 2.34. The SMILES string of the molecule is NC(=NCC1Cc2ccccc21)Nc1ccc(OC(F)(F)F)cc1. The second-order valence-electron chi connectivity index (χ2n) is 5.52. The molecule has 126 valence electrons. The number of alkyl halides is 3. The number of hydrogen-bond acceptors (Lipinski definition) is 2. The molecule has 0 saturated heterocycles. The van der Waals surface area contributed by atoms with Crippen LogP contribution >= 0.6 is 0 Å². The fourth-order valence-corrected chi connectivity index (χ4v) is 2.66. The predicted octanol–water partition coefficient (Wildman–Crippen LogP) is 3.65. The Morgan fingerprint density at radius 1 is 1.17 bits per heavy atom. The molecule has 1 aliphatic rings. The van der Waals surface area contributed by atoms with Crippen molar-refractivity contribution >= 4 is 11.6 Å². The molecular weight excluding hydrogens is 319 g/mol. The molecule has 1 atom stereocenters. The molecule has 0 aliphatic heterocycles. The molecule has 0 amide bonds. The summed E-state index contributed by atoms with van der Waals surface area (Å²) >= 11 is 0. The van der Waals surface area contributed by atoms with E-state index in [9.17, 15) is 13.2 Å². The maximum atomic E-state index is 12.1. The fourth-order valence-electron chi connectivity index (χ4n) is 2.66. The number of anilines is 1. The third-order valence-corrected chi connectivity index (χ3v) is 3.80. The van der Waals surface area contributed by atoms with Gasteiger partial charge in [0.05, 0.1) is 0 Å². The Labute approximate surface area is 137 Å². The Hall–Kier alpha value is -2.70. The van der Waals surface area contributed by atoms with Gasteiger partial charge in [0.2, 0.25) is 0 Å². The Kier molecular flexibility index (Phi) is 4.33. The number of fused-ring (bicyclic) bond motifs is 1. The molecule has 0 saturated carbocycles. The molecule has 3 rings (SSSR count). The number of ether oxygens (including phenoxy) is 1. The molecule has 0 heterocycles. The fraction of sp³-hybridized carbons (Fsp3) is 0.235. The number of hydrogen-bond donors (Lipinski definition) is 2. The minimum Gasteiger partial charge on any atom is -0.406 e. The van der Waals surface area contributed by atoms with Gasteiger partial charge in [-0.1, -0.05) is 24.3 Å². The molecule has 0 aromatic heterocycles. The van der Waals surface area contributed by atoms with Crippen molar-refractivity contribution in [3.05, 3.63) is 59.7 Å². The smallest absolute Gasteiger partial charge is 0.406 e. The molecule has 24 heavy (non-hydrogen) atoms. The van der Waals surface area contributed by atoms with Gasteiger partial charge in [-0.3, -0.25) is 4.99 Å². The number of nitrogens with two attached hydrogens (primary N) is 1. The summed E-state index contributed by atoms with van der Waals surface area (Å²) in [5.41, 5.74) is 8.99. The largest absolute Gasteiger partial charge is 0.573 e. The lowest BCUT2D eigenvalue weighted by Gasteiger charge is -2.28. The highest BCUT2D eigenvalue weighted by atomic mass is 19.4. The molecule has 2 aromatic rings. The van der Waals surface area contributed by atoms with Crippen LogP contribution in [0.4, 0.5) is 18.9 Å². The average Bonchev–Trinajstić information content (AvgIpc) is 2.49.